The highest BCUT2D eigenvalue weighted by Crippen LogP contribution is 2.47. The molecular formula is C29H35NO10S2. The Morgan fingerprint density at radius 3 is 2.64 bits per heavy atom. The van der Waals surface area contributed by atoms with E-state index < -0.39 is 54.2 Å². The maximum Gasteiger partial charge on any atom is 0.229 e. The van der Waals surface area contributed by atoms with Crippen LogP contribution in [0.15, 0.2) is 30.4 Å². The number of aromatic hydroxyl groups is 1. The van der Waals surface area contributed by atoms with Gasteiger partial charge >= 0.3 is 0 Å². The van der Waals surface area contributed by atoms with Gasteiger partial charge in [-0.1, -0.05) is 39.8 Å². The molecule has 9 atom stereocenters. The summed E-state index contributed by atoms with van der Waals surface area (Å²) in [6.45, 7) is 1.72. The zero-order chi connectivity index (χ0) is 30.3. The van der Waals surface area contributed by atoms with E-state index in [-0.39, 0.29) is 46.8 Å². The molecule has 42 heavy (non-hydrogen) atoms. The molecule has 2 aromatic carbocycles. The van der Waals surface area contributed by atoms with Crippen LogP contribution in [0.4, 0.5) is 0 Å². The molecule has 11 nitrogen and oxygen atoms in total. The second-order valence-corrected chi connectivity index (χ2v) is 13.6. The van der Waals surface area contributed by atoms with Gasteiger partial charge in [-0.15, -0.1) is 0 Å². The van der Waals surface area contributed by atoms with Crippen molar-refractivity contribution in [3.8, 4) is 17.2 Å². The summed E-state index contributed by atoms with van der Waals surface area (Å²) in [5.41, 5.74) is 5.09. The smallest absolute Gasteiger partial charge is 0.229 e. The van der Waals surface area contributed by atoms with Crippen LogP contribution in [-0.4, -0.2) is 98.6 Å². The largest absolute Gasteiger partial charge is 0.506 e. The molecular weight excluding hydrogens is 586 g/mol. The van der Waals surface area contributed by atoms with Crippen molar-refractivity contribution in [1.29, 1.82) is 0 Å². The zero-order valence-electron chi connectivity index (χ0n) is 23.1. The van der Waals surface area contributed by atoms with Gasteiger partial charge < -0.3 is 50.3 Å². The molecule has 0 spiro atoms. The summed E-state index contributed by atoms with van der Waals surface area (Å²) in [5.74, 6) is -0.828. The van der Waals surface area contributed by atoms with E-state index in [4.69, 9.17) is 19.9 Å². The van der Waals surface area contributed by atoms with Gasteiger partial charge in [0.05, 0.1) is 18.1 Å². The molecule has 1 fully saturated rings. The minimum Gasteiger partial charge on any atom is -0.506 e. The van der Waals surface area contributed by atoms with Gasteiger partial charge in [0.25, 0.3) is 0 Å². The molecule has 13 heteroatoms. The third-order valence-corrected chi connectivity index (χ3v) is 10.9. The van der Waals surface area contributed by atoms with Crippen LogP contribution in [0.25, 0.3) is 10.8 Å². The molecule has 1 aliphatic carbocycles. The number of aryl methyl sites for hydroxylation is 1. The van der Waals surface area contributed by atoms with E-state index in [0.29, 0.717) is 22.5 Å². The number of aliphatic hydroxyl groups is 4. The summed E-state index contributed by atoms with van der Waals surface area (Å²) in [4.78, 5) is 24.9. The van der Waals surface area contributed by atoms with Crippen molar-refractivity contribution in [3.05, 3.63) is 41.5 Å². The van der Waals surface area contributed by atoms with Gasteiger partial charge in [-0.05, 0) is 29.9 Å². The molecule has 228 valence electrons. The number of hydrogen-bond acceptors (Lipinski definition) is 13. The minimum atomic E-state index is -1.92. The number of phenols is 1. The first-order valence-corrected chi connectivity index (χ1v) is 16.1. The molecule has 2 aliphatic heterocycles. The molecule has 1 saturated heterocycles. The first-order valence-electron chi connectivity index (χ1n) is 13.6. The van der Waals surface area contributed by atoms with Crippen LogP contribution in [0.2, 0.25) is 0 Å². The van der Waals surface area contributed by atoms with E-state index in [1.54, 1.807) is 25.1 Å². The molecule has 0 amide bonds. The highest BCUT2D eigenvalue weighted by Gasteiger charge is 2.58. The number of fused-ring (bicyclic) bond motifs is 5. The lowest BCUT2D eigenvalue weighted by molar-refractivity contribution is -0.305. The lowest BCUT2D eigenvalue weighted by Gasteiger charge is -2.51. The van der Waals surface area contributed by atoms with Gasteiger partial charge in [-0.3, -0.25) is 4.79 Å². The number of rotatable bonds is 3. The number of ether oxygens (including phenoxy) is 3. The topological polar surface area (TPSA) is 189 Å². The minimum absolute atomic E-state index is 0.0112. The second-order valence-electron chi connectivity index (χ2n) is 10.9. The number of Topliss-reactive ketones (excluding diaryl/α,β-unsaturated/α-hetero) is 1. The Hall–Kier alpha value is -2.36. The summed E-state index contributed by atoms with van der Waals surface area (Å²) in [6.07, 6.45) is -4.59. The predicted molar refractivity (Wildman–Crippen MR) is 158 cm³/mol. The average molecular weight is 622 g/mol. The Labute approximate surface area is 250 Å². The second kappa shape index (κ2) is 12.3. The lowest BCUT2D eigenvalue weighted by Crippen LogP contribution is -2.69. The molecule has 7 N–H and O–H groups in total. The molecule has 2 aromatic rings. The average Bonchev–Trinajstić information content (AvgIpc) is 2.95. The van der Waals surface area contributed by atoms with Gasteiger partial charge in [0.2, 0.25) is 6.29 Å². The van der Waals surface area contributed by atoms with Crippen molar-refractivity contribution < 1.29 is 49.3 Å². The fraction of sp³-hybridized carbons (Fsp3) is 0.517. The Morgan fingerprint density at radius 2 is 1.93 bits per heavy atom. The summed E-state index contributed by atoms with van der Waals surface area (Å²) >= 11 is 0. The first-order chi connectivity index (χ1) is 20.0. The Morgan fingerprint density at radius 1 is 1.17 bits per heavy atom. The molecule has 5 rings (SSSR count). The molecule has 9 unspecified atom stereocenters. The number of ketones is 1. The normalized spacial score (nSPS) is 35.5. The molecule has 4 bridgehead atoms. The van der Waals surface area contributed by atoms with Crippen molar-refractivity contribution in [2.45, 2.75) is 62.1 Å². The monoisotopic (exact) mass is 621 g/mol. The van der Waals surface area contributed by atoms with E-state index in [0.717, 1.165) is 6.29 Å². The highest BCUT2D eigenvalue weighted by molar-refractivity contribution is 8.76. The lowest BCUT2D eigenvalue weighted by atomic mass is 9.66. The third-order valence-electron chi connectivity index (χ3n) is 8.43. The van der Waals surface area contributed by atoms with E-state index >= 15 is 0 Å². The van der Waals surface area contributed by atoms with E-state index in [2.05, 4.69) is 0 Å². The van der Waals surface area contributed by atoms with Crippen LogP contribution >= 0.6 is 21.6 Å². The van der Waals surface area contributed by atoms with Gasteiger partial charge in [0.15, 0.2) is 5.78 Å². The van der Waals surface area contributed by atoms with Crippen LogP contribution < -0.4 is 15.2 Å². The fourth-order valence-electron chi connectivity index (χ4n) is 6.19. The fourth-order valence-corrected chi connectivity index (χ4v) is 8.66. The molecule has 0 radical (unpaired) electrons. The number of methoxy groups -OCH3 is 1. The number of hydrogen-bond donors (Lipinski definition) is 6. The Bertz CT molecular complexity index is 1390. The number of benzene rings is 2. The predicted octanol–water partition coefficient (Wildman–Crippen LogP) is 1.47. The van der Waals surface area contributed by atoms with Gasteiger partial charge in [0.1, 0.15) is 53.6 Å². The van der Waals surface area contributed by atoms with Crippen molar-refractivity contribution in [2.75, 3.05) is 18.6 Å². The zero-order valence-corrected chi connectivity index (χ0v) is 24.7. The van der Waals surface area contributed by atoms with Gasteiger partial charge in [0, 0.05) is 42.4 Å². The Balaban J connectivity index is 1.67. The third kappa shape index (κ3) is 5.41. The van der Waals surface area contributed by atoms with Crippen LogP contribution in [-0.2, 0) is 9.53 Å². The summed E-state index contributed by atoms with van der Waals surface area (Å²) in [5, 5.41) is 57.1. The number of aliphatic hydroxyl groups excluding tert-OH is 3. The number of carbonyl (C=O) groups excluding carboxylic acids is 2. The highest BCUT2D eigenvalue weighted by atomic mass is 33.1. The van der Waals surface area contributed by atoms with E-state index in [9.17, 15) is 35.1 Å². The SMILES string of the molecule is COc1cc2c3c(O)c(c(C)cc3c1)C(=O)CCSSCC1C(CC=O)C(N)C=CC1(O)C1OC(O2)C(O)C(O)C1O. The van der Waals surface area contributed by atoms with E-state index in [1.165, 1.54) is 40.8 Å². The first kappa shape index (κ1) is 31.1. The van der Waals surface area contributed by atoms with Crippen LogP contribution in [0, 0.1) is 18.8 Å². The maximum atomic E-state index is 13.3. The molecule has 3 aliphatic rings. The summed E-state index contributed by atoms with van der Waals surface area (Å²) < 4.78 is 17.6. The molecule has 0 aromatic heterocycles. The van der Waals surface area contributed by atoms with E-state index in [1.807, 2.05) is 0 Å². The van der Waals surface area contributed by atoms with Crippen LogP contribution in [0.1, 0.15) is 28.8 Å². The number of aldehydes is 1. The summed E-state index contributed by atoms with van der Waals surface area (Å²) in [6, 6.07) is 4.26. The number of carbonyl (C=O) groups is 2. The van der Waals surface area contributed by atoms with Gasteiger partial charge in [-0.25, -0.2) is 0 Å². The van der Waals surface area contributed by atoms with Crippen molar-refractivity contribution in [1.82, 2.24) is 0 Å². The maximum absolute atomic E-state index is 13.3. The van der Waals surface area contributed by atoms with Crippen molar-refractivity contribution in [2.24, 2.45) is 17.6 Å². The molecule has 2 heterocycles. The quantitative estimate of drug-likeness (QED) is 0.164. The van der Waals surface area contributed by atoms with Crippen molar-refractivity contribution in [3.63, 3.8) is 0 Å². The standard InChI is InChI=1S/C29H35NO10S2/c1-13-9-14-10-15(38-2)11-20-22(14)23(33)21(13)19(32)5-8-41-42-12-17-16(4-7-31)18(30)3-6-29(17,37)27-25(35)24(34)26(36)28(39-20)40-27/h3,6-7,9-11,16-18,24-28,33-37H,4-5,8,12,30H2,1-2H3. The molecule has 0 saturated carbocycles. The van der Waals surface area contributed by atoms with Crippen LogP contribution in [0.3, 0.4) is 0 Å². The number of phenolic OH excluding ortho intramolecular Hbond substituents is 1. The summed E-state index contributed by atoms with van der Waals surface area (Å²) in [7, 11) is 4.20. The number of nitrogens with two attached hydrogens (primary N) is 1. The Kier molecular flexibility index (Phi) is 9.12. The van der Waals surface area contributed by atoms with Gasteiger partial charge in [-0.2, -0.15) is 0 Å². The van der Waals surface area contributed by atoms with Crippen molar-refractivity contribution >= 4 is 44.4 Å². The van der Waals surface area contributed by atoms with Crippen LogP contribution in [0.5, 0.6) is 17.2 Å².